The van der Waals surface area contributed by atoms with E-state index in [0.717, 1.165) is 30.8 Å². The molecule has 1 aliphatic heterocycles. The molecule has 2 aliphatic rings. The average Bonchev–Trinajstić information content (AvgIpc) is 2.45. The van der Waals surface area contributed by atoms with Gasteiger partial charge in [-0.2, -0.15) is 0 Å². The molecule has 20 heavy (non-hydrogen) atoms. The maximum Gasteiger partial charge on any atom is 0.123 e. The lowest BCUT2D eigenvalue weighted by Gasteiger charge is -2.48. The van der Waals surface area contributed by atoms with Gasteiger partial charge in [-0.25, -0.2) is 0 Å². The summed E-state index contributed by atoms with van der Waals surface area (Å²) in [6, 6.07) is 6.33. The van der Waals surface area contributed by atoms with Gasteiger partial charge in [0.25, 0.3) is 0 Å². The van der Waals surface area contributed by atoms with Gasteiger partial charge in [0.15, 0.2) is 0 Å². The molecule has 1 aromatic rings. The fourth-order valence-electron chi connectivity index (χ4n) is 3.66. The van der Waals surface area contributed by atoms with Crippen LogP contribution >= 0.6 is 0 Å². The lowest BCUT2D eigenvalue weighted by Crippen LogP contribution is -2.47. The van der Waals surface area contributed by atoms with E-state index in [-0.39, 0.29) is 11.6 Å². The summed E-state index contributed by atoms with van der Waals surface area (Å²) in [5.41, 5.74) is 9.11. The molecule has 2 unspecified atom stereocenters. The summed E-state index contributed by atoms with van der Waals surface area (Å²) in [6.45, 7) is 2.96. The van der Waals surface area contributed by atoms with Crippen molar-refractivity contribution in [2.45, 2.75) is 50.7 Å². The largest absolute Gasteiger partial charge is 0.496 e. The van der Waals surface area contributed by atoms with Gasteiger partial charge in [0.1, 0.15) is 5.75 Å². The van der Waals surface area contributed by atoms with Gasteiger partial charge in [0.2, 0.25) is 0 Å². The van der Waals surface area contributed by atoms with Gasteiger partial charge < -0.3 is 15.2 Å². The second-order valence-electron chi connectivity index (χ2n) is 6.41. The van der Waals surface area contributed by atoms with Gasteiger partial charge in [0.05, 0.1) is 12.7 Å². The smallest absolute Gasteiger partial charge is 0.123 e. The Morgan fingerprint density at radius 1 is 1.40 bits per heavy atom. The molecule has 1 heterocycles. The van der Waals surface area contributed by atoms with E-state index < -0.39 is 0 Å². The molecular weight excluding hydrogens is 250 g/mol. The van der Waals surface area contributed by atoms with Gasteiger partial charge in [-0.05, 0) is 51.0 Å². The molecule has 0 aromatic heterocycles. The fourth-order valence-corrected chi connectivity index (χ4v) is 3.66. The molecule has 1 spiro atoms. The molecule has 3 nitrogen and oxygen atoms in total. The average molecular weight is 275 g/mol. The molecule has 2 N–H and O–H groups in total. The molecule has 1 aromatic carbocycles. The molecule has 0 amide bonds. The topological polar surface area (TPSA) is 44.5 Å². The zero-order chi connectivity index (χ0) is 14.2. The van der Waals surface area contributed by atoms with E-state index in [1.54, 1.807) is 7.11 Å². The van der Waals surface area contributed by atoms with Crippen molar-refractivity contribution >= 4 is 0 Å². The normalized spacial score (nSPS) is 26.1. The lowest BCUT2D eigenvalue weighted by molar-refractivity contribution is -0.146. The van der Waals surface area contributed by atoms with E-state index in [4.69, 9.17) is 15.2 Å². The Morgan fingerprint density at radius 3 is 2.85 bits per heavy atom. The Hall–Kier alpha value is -1.06. The number of hydrogen-bond acceptors (Lipinski definition) is 3. The van der Waals surface area contributed by atoms with Crippen LogP contribution in [0.25, 0.3) is 0 Å². The minimum atomic E-state index is 0.0474. The van der Waals surface area contributed by atoms with Crippen LogP contribution in [0.4, 0.5) is 0 Å². The third kappa shape index (κ3) is 2.45. The Morgan fingerprint density at radius 2 is 2.20 bits per heavy atom. The van der Waals surface area contributed by atoms with Gasteiger partial charge >= 0.3 is 0 Å². The van der Waals surface area contributed by atoms with Crippen molar-refractivity contribution in [2.75, 3.05) is 13.7 Å². The summed E-state index contributed by atoms with van der Waals surface area (Å²) < 4.78 is 11.5. The molecule has 1 saturated carbocycles. The molecule has 2 fully saturated rings. The van der Waals surface area contributed by atoms with Crippen LogP contribution in [0.3, 0.4) is 0 Å². The molecule has 1 aliphatic carbocycles. The van der Waals surface area contributed by atoms with Crippen molar-refractivity contribution in [2.24, 2.45) is 11.7 Å². The third-order valence-electron chi connectivity index (χ3n) is 5.05. The second-order valence-corrected chi connectivity index (χ2v) is 6.41. The van der Waals surface area contributed by atoms with Crippen molar-refractivity contribution in [3.63, 3.8) is 0 Å². The zero-order valence-electron chi connectivity index (χ0n) is 12.5. The fraction of sp³-hybridized carbons (Fsp3) is 0.647. The first kappa shape index (κ1) is 13.9. The van der Waals surface area contributed by atoms with Gasteiger partial charge in [-0.3, -0.25) is 0 Å². The van der Waals surface area contributed by atoms with Crippen molar-refractivity contribution < 1.29 is 9.47 Å². The van der Waals surface area contributed by atoms with E-state index in [1.165, 1.54) is 24.8 Å². The second kappa shape index (κ2) is 5.38. The highest BCUT2D eigenvalue weighted by Crippen LogP contribution is 2.47. The summed E-state index contributed by atoms with van der Waals surface area (Å²) in [7, 11) is 1.72. The Kier molecular flexibility index (Phi) is 3.74. The SMILES string of the molecule is COc1ccc(C)cc1C(N)C1CCOC2(CCC2)C1. The number of rotatable bonds is 3. The summed E-state index contributed by atoms with van der Waals surface area (Å²) in [4.78, 5) is 0. The summed E-state index contributed by atoms with van der Waals surface area (Å²) in [6.07, 6.45) is 5.88. The Balaban J connectivity index is 1.81. The van der Waals surface area contributed by atoms with E-state index in [2.05, 4.69) is 19.1 Å². The standard InChI is InChI=1S/C17H25NO2/c1-12-4-5-15(19-2)14(10-12)16(18)13-6-9-20-17(11-13)7-3-8-17/h4-5,10,13,16H,3,6-9,11,18H2,1-2H3. The number of methoxy groups -OCH3 is 1. The first-order valence-electron chi connectivity index (χ1n) is 7.68. The first-order chi connectivity index (χ1) is 9.63. The van der Waals surface area contributed by atoms with Crippen molar-refractivity contribution in [3.8, 4) is 5.75 Å². The molecular formula is C17H25NO2. The van der Waals surface area contributed by atoms with Crippen LogP contribution < -0.4 is 10.5 Å². The molecule has 110 valence electrons. The van der Waals surface area contributed by atoms with Crippen LogP contribution in [0.2, 0.25) is 0 Å². The number of aryl methyl sites for hydroxylation is 1. The highest BCUT2D eigenvalue weighted by molar-refractivity contribution is 5.39. The molecule has 0 bridgehead atoms. The van der Waals surface area contributed by atoms with Crippen LogP contribution in [0.15, 0.2) is 18.2 Å². The quantitative estimate of drug-likeness (QED) is 0.920. The summed E-state index contributed by atoms with van der Waals surface area (Å²) in [5.74, 6) is 1.41. The minimum Gasteiger partial charge on any atom is -0.496 e. The van der Waals surface area contributed by atoms with Gasteiger partial charge in [-0.15, -0.1) is 0 Å². The van der Waals surface area contributed by atoms with E-state index in [1.807, 2.05) is 6.07 Å². The predicted molar refractivity (Wildman–Crippen MR) is 79.9 cm³/mol. The van der Waals surface area contributed by atoms with Crippen LogP contribution in [0, 0.1) is 12.8 Å². The van der Waals surface area contributed by atoms with Crippen molar-refractivity contribution in [1.82, 2.24) is 0 Å². The van der Waals surface area contributed by atoms with Crippen LogP contribution in [0.1, 0.15) is 49.3 Å². The van der Waals surface area contributed by atoms with Crippen molar-refractivity contribution in [3.05, 3.63) is 29.3 Å². The van der Waals surface area contributed by atoms with Gasteiger partial charge in [0, 0.05) is 18.2 Å². The van der Waals surface area contributed by atoms with Crippen LogP contribution in [0.5, 0.6) is 5.75 Å². The zero-order valence-corrected chi connectivity index (χ0v) is 12.5. The number of benzene rings is 1. The van der Waals surface area contributed by atoms with Crippen molar-refractivity contribution in [1.29, 1.82) is 0 Å². The predicted octanol–water partition coefficient (Wildman–Crippen LogP) is 3.35. The first-order valence-corrected chi connectivity index (χ1v) is 7.68. The third-order valence-corrected chi connectivity index (χ3v) is 5.05. The Bertz CT molecular complexity index is 482. The molecule has 1 saturated heterocycles. The molecule has 3 heteroatoms. The lowest BCUT2D eigenvalue weighted by atomic mass is 9.69. The highest BCUT2D eigenvalue weighted by Gasteiger charge is 2.44. The summed E-state index contributed by atoms with van der Waals surface area (Å²) in [5, 5.41) is 0. The van der Waals surface area contributed by atoms with Gasteiger partial charge in [-0.1, -0.05) is 17.7 Å². The van der Waals surface area contributed by atoms with Crippen LogP contribution in [-0.4, -0.2) is 19.3 Å². The monoisotopic (exact) mass is 275 g/mol. The van der Waals surface area contributed by atoms with Crippen LogP contribution in [-0.2, 0) is 4.74 Å². The minimum absolute atomic E-state index is 0.0474. The molecule has 3 rings (SSSR count). The molecule has 2 atom stereocenters. The molecule has 0 radical (unpaired) electrons. The maximum absolute atomic E-state index is 6.58. The maximum atomic E-state index is 6.58. The summed E-state index contributed by atoms with van der Waals surface area (Å²) >= 11 is 0. The van der Waals surface area contributed by atoms with E-state index in [9.17, 15) is 0 Å². The Labute approximate surface area is 121 Å². The number of ether oxygens (including phenoxy) is 2. The van der Waals surface area contributed by atoms with E-state index in [0.29, 0.717) is 5.92 Å². The highest BCUT2D eigenvalue weighted by atomic mass is 16.5. The number of nitrogens with two attached hydrogens (primary N) is 1. The van der Waals surface area contributed by atoms with E-state index >= 15 is 0 Å². The number of hydrogen-bond donors (Lipinski definition) is 1.